The van der Waals surface area contributed by atoms with Crippen LogP contribution < -0.4 is 10.1 Å². The third kappa shape index (κ3) is 5.22. The molecule has 3 rings (SSSR count). The number of hydrogen-bond donors (Lipinski definition) is 1. The predicted octanol–water partition coefficient (Wildman–Crippen LogP) is 3.22. The van der Waals surface area contributed by atoms with Crippen molar-refractivity contribution in [2.24, 2.45) is 0 Å². The van der Waals surface area contributed by atoms with E-state index in [0.717, 1.165) is 24.4 Å². The van der Waals surface area contributed by atoms with Crippen LogP contribution in [0.1, 0.15) is 17.2 Å². The molecule has 1 atom stereocenters. The molecule has 0 aliphatic carbocycles. The lowest BCUT2D eigenvalue weighted by Crippen LogP contribution is -2.44. The van der Waals surface area contributed by atoms with Gasteiger partial charge in [0.1, 0.15) is 11.6 Å². The molecule has 0 saturated carbocycles. The third-order valence-electron chi connectivity index (χ3n) is 4.88. The number of ether oxygens (including phenoxy) is 2. The van der Waals surface area contributed by atoms with E-state index in [0.29, 0.717) is 19.8 Å². The van der Waals surface area contributed by atoms with Crippen LogP contribution in [0.5, 0.6) is 5.75 Å². The van der Waals surface area contributed by atoms with E-state index >= 15 is 0 Å². The molecule has 0 radical (unpaired) electrons. The maximum atomic E-state index is 13.9. The number of hydrogen-bond acceptors (Lipinski definition) is 4. The minimum Gasteiger partial charge on any atom is -0.497 e. The lowest BCUT2D eigenvalue weighted by Gasteiger charge is -2.35. The number of benzene rings is 2. The van der Waals surface area contributed by atoms with Gasteiger partial charge in [-0.25, -0.2) is 4.39 Å². The smallest absolute Gasteiger partial charge is 0.224 e. The van der Waals surface area contributed by atoms with E-state index in [4.69, 9.17) is 21.1 Å². The number of carbonyl (C=O) groups excluding carboxylic acids is 1. The van der Waals surface area contributed by atoms with Crippen LogP contribution in [0.25, 0.3) is 0 Å². The Morgan fingerprint density at radius 1 is 1.25 bits per heavy atom. The van der Waals surface area contributed by atoms with E-state index in [1.54, 1.807) is 13.2 Å². The number of nitrogens with zero attached hydrogens (tertiary/aromatic N) is 1. The Balaban J connectivity index is 1.69. The zero-order chi connectivity index (χ0) is 19.9. The van der Waals surface area contributed by atoms with Gasteiger partial charge in [-0.05, 0) is 29.8 Å². The molecule has 150 valence electrons. The van der Waals surface area contributed by atoms with Crippen molar-refractivity contribution < 1.29 is 18.7 Å². The van der Waals surface area contributed by atoms with Gasteiger partial charge in [0, 0.05) is 30.2 Å². The van der Waals surface area contributed by atoms with Crippen molar-refractivity contribution in [3.8, 4) is 5.75 Å². The zero-order valence-electron chi connectivity index (χ0n) is 15.8. The van der Waals surface area contributed by atoms with E-state index in [-0.39, 0.29) is 29.0 Å². The Bertz CT molecular complexity index is 774. The third-order valence-corrected chi connectivity index (χ3v) is 5.23. The molecule has 1 saturated heterocycles. The fourth-order valence-electron chi connectivity index (χ4n) is 3.31. The van der Waals surface area contributed by atoms with Gasteiger partial charge in [-0.2, -0.15) is 0 Å². The maximum absolute atomic E-state index is 13.9. The number of rotatable bonds is 7. The van der Waals surface area contributed by atoms with Crippen LogP contribution in [-0.4, -0.2) is 50.8 Å². The number of halogens is 2. The molecule has 1 aliphatic heterocycles. The van der Waals surface area contributed by atoms with Gasteiger partial charge in [0.25, 0.3) is 0 Å². The van der Waals surface area contributed by atoms with Gasteiger partial charge in [0.15, 0.2) is 0 Å². The number of amides is 1. The van der Waals surface area contributed by atoms with E-state index in [1.165, 1.54) is 12.1 Å². The van der Waals surface area contributed by atoms with Crippen LogP contribution in [0.4, 0.5) is 4.39 Å². The molecule has 1 amide bonds. The van der Waals surface area contributed by atoms with Gasteiger partial charge in [0.05, 0.1) is 32.8 Å². The van der Waals surface area contributed by atoms with Crippen molar-refractivity contribution in [1.29, 1.82) is 0 Å². The molecule has 2 aromatic rings. The van der Waals surface area contributed by atoms with Gasteiger partial charge in [-0.3, -0.25) is 9.69 Å². The van der Waals surface area contributed by atoms with Gasteiger partial charge < -0.3 is 14.8 Å². The van der Waals surface area contributed by atoms with Crippen LogP contribution >= 0.6 is 11.6 Å². The fourth-order valence-corrected chi connectivity index (χ4v) is 3.54. The average molecular weight is 407 g/mol. The summed E-state index contributed by atoms with van der Waals surface area (Å²) < 4.78 is 24.6. The van der Waals surface area contributed by atoms with Crippen molar-refractivity contribution >= 4 is 17.5 Å². The molecule has 0 bridgehead atoms. The largest absolute Gasteiger partial charge is 0.497 e. The van der Waals surface area contributed by atoms with Gasteiger partial charge >= 0.3 is 0 Å². The van der Waals surface area contributed by atoms with E-state index in [1.807, 2.05) is 24.3 Å². The molecule has 1 N–H and O–H groups in total. The molecule has 1 fully saturated rings. The maximum Gasteiger partial charge on any atom is 0.224 e. The highest BCUT2D eigenvalue weighted by atomic mass is 35.5. The summed E-state index contributed by atoms with van der Waals surface area (Å²) in [6.07, 6.45) is -0.0933. The second-order valence-electron chi connectivity index (χ2n) is 6.62. The number of methoxy groups -OCH3 is 1. The highest BCUT2D eigenvalue weighted by molar-refractivity contribution is 6.31. The van der Waals surface area contributed by atoms with Gasteiger partial charge in [0.2, 0.25) is 5.91 Å². The van der Waals surface area contributed by atoms with Crippen LogP contribution in [0.2, 0.25) is 5.02 Å². The second kappa shape index (κ2) is 9.87. The topological polar surface area (TPSA) is 50.8 Å². The number of carbonyl (C=O) groups is 1. The molecule has 5 nitrogen and oxygen atoms in total. The van der Waals surface area contributed by atoms with Crippen LogP contribution in [-0.2, 0) is 16.0 Å². The van der Waals surface area contributed by atoms with E-state index in [2.05, 4.69) is 10.2 Å². The molecular formula is C21H24ClFN2O3. The molecule has 2 aromatic carbocycles. The summed E-state index contributed by atoms with van der Waals surface area (Å²) in [6, 6.07) is 12.2. The molecule has 0 unspecified atom stereocenters. The summed E-state index contributed by atoms with van der Waals surface area (Å²) >= 11 is 6.03. The van der Waals surface area contributed by atoms with Crippen molar-refractivity contribution in [3.63, 3.8) is 0 Å². The minimum atomic E-state index is -0.470. The lowest BCUT2D eigenvalue weighted by atomic mass is 10.0. The molecule has 0 spiro atoms. The quantitative estimate of drug-likeness (QED) is 0.767. The summed E-state index contributed by atoms with van der Waals surface area (Å²) in [5, 5.41) is 3.19. The molecule has 28 heavy (non-hydrogen) atoms. The average Bonchev–Trinajstić information content (AvgIpc) is 2.72. The van der Waals surface area contributed by atoms with Crippen molar-refractivity contribution in [1.82, 2.24) is 10.2 Å². The van der Waals surface area contributed by atoms with Crippen molar-refractivity contribution in [2.75, 3.05) is 40.0 Å². The molecule has 0 aromatic heterocycles. The lowest BCUT2D eigenvalue weighted by molar-refractivity contribution is -0.120. The Labute approximate surface area is 169 Å². The van der Waals surface area contributed by atoms with Gasteiger partial charge in [-0.1, -0.05) is 29.8 Å². The summed E-state index contributed by atoms with van der Waals surface area (Å²) in [5.41, 5.74) is 1.29. The highest BCUT2D eigenvalue weighted by Gasteiger charge is 2.23. The first-order chi connectivity index (χ1) is 13.6. The minimum absolute atomic E-state index is 0.00477. The van der Waals surface area contributed by atoms with E-state index in [9.17, 15) is 9.18 Å². The first-order valence-electron chi connectivity index (χ1n) is 9.24. The first-order valence-corrected chi connectivity index (χ1v) is 9.61. The van der Waals surface area contributed by atoms with Gasteiger partial charge in [-0.15, -0.1) is 0 Å². The summed E-state index contributed by atoms with van der Waals surface area (Å²) in [5.74, 6) is 0.0454. The summed E-state index contributed by atoms with van der Waals surface area (Å²) in [4.78, 5) is 14.7. The summed E-state index contributed by atoms with van der Waals surface area (Å²) in [7, 11) is 1.63. The number of morpholine rings is 1. The highest BCUT2D eigenvalue weighted by Crippen LogP contribution is 2.24. The Morgan fingerprint density at radius 2 is 1.96 bits per heavy atom. The van der Waals surface area contributed by atoms with E-state index < -0.39 is 5.82 Å². The van der Waals surface area contributed by atoms with Crippen LogP contribution in [0, 0.1) is 5.82 Å². The molecular weight excluding hydrogens is 383 g/mol. The normalized spacial score (nSPS) is 15.8. The molecule has 1 heterocycles. The van der Waals surface area contributed by atoms with Crippen molar-refractivity contribution in [2.45, 2.75) is 12.5 Å². The summed E-state index contributed by atoms with van der Waals surface area (Å²) in [6.45, 7) is 3.30. The molecule has 7 heteroatoms. The Kier molecular flexibility index (Phi) is 7.25. The first kappa shape index (κ1) is 20.6. The zero-order valence-corrected chi connectivity index (χ0v) is 16.5. The SMILES string of the molecule is COc1ccc([C@@H](CNC(=O)Cc2c(F)cccc2Cl)N2CCOCC2)cc1. The van der Waals surface area contributed by atoms with Crippen LogP contribution in [0.3, 0.4) is 0 Å². The fraction of sp³-hybridized carbons (Fsp3) is 0.381. The standard InChI is InChI=1S/C21H24ClFN2O3/c1-27-16-7-5-15(6-8-16)20(25-9-11-28-12-10-25)14-24-21(26)13-17-18(22)3-2-4-19(17)23/h2-8,20H,9-14H2,1H3,(H,24,26)/t20-/m1/s1. The second-order valence-corrected chi connectivity index (χ2v) is 7.03. The monoisotopic (exact) mass is 406 g/mol. The Morgan fingerprint density at radius 3 is 2.61 bits per heavy atom. The number of nitrogens with one attached hydrogen (secondary N) is 1. The predicted molar refractivity (Wildman–Crippen MR) is 106 cm³/mol. The molecule has 1 aliphatic rings. The van der Waals surface area contributed by atoms with Crippen molar-refractivity contribution in [3.05, 3.63) is 64.4 Å². The Hall–Kier alpha value is -2.15. The van der Waals surface area contributed by atoms with Crippen LogP contribution in [0.15, 0.2) is 42.5 Å².